The molecule has 2 rings (SSSR count). The summed E-state index contributed by atoms with van der Waals surface area (Å²) in [5.74, 6) is 0.856. The summed E-state index contributed by atoms with van der Waals surface area (Å²) in [6.45, 7) is 2.62. The van der Waals surface area contributed by atoms with E-state index in [2.05, 4.69) is 36.5 Å². The number of aryl methyl sites for hydroxylation is 1. The van der Waals surface area contributed by atoms with E-state index < -0.39 is 0 Å². The zero-order valence-corrected chi connectivity index (χ0v) is 11.4. The first-order valence-electron chi connectivity index (χ1n) is 6.40. The quantitative estimate of drug-likeness (QED) is 0.864. The summed E-state index contributed by atoms with van der Waals surface area (Å²) in [6.07, 6.45) is 0. The third-order valence-electron chi connectivity index (χ3n) is 3.15. The Labute approximate surface area is 114 Å². The van der Waals surface area contributed by atoms with Crippen LogP contribution in [0.4, 0.5) is 5.69 Å². The fourth-order valence-electron chi connectivity index (χ4n) is 1.97. The minimum absolute atomic E-state index is 0.105. The van der Waals surface area contributed by atoms with Gasteiger partial charge in [-0.25, -0.2) is 0 Å². The van der Waals surface area contributed by atoms with Gasteiger partial charge in [-0.2, -0.15) is 0 Å². The van der Waals surface area contributed by atoms with Crippen molar-refractivity contribution in [3.05, 3.63) is 59.7 Å². The van der Waals surface area contributed by atoms with Crippen LogP contribution in [0.2, 0.25) is 0 Å². The number of anilines is 1. The lowest BCUT2D eigenvalue weighted by Gasteiger charge is -2.19. The molecule has 1 atom stereocenters. The van der Waals surface area contributed by atoms with Crippen molar-refractivity contribution in [2.45, 2.75) is 13.0 Å². The average Bonchev–Trinajstić information content (AvgIpc) is 2.47. The van der Waals surface area contributed by atoms with Gasteiger partial charge in [0.2, 0.25) is 0 Å². The van der Waals surface area contributed by atoms with Crippen LogP contribution in [0.15, 0.2) is 48.5 Å². The van der Waals surface area contributed by atoms with Gasteiger partial charge in [0.05, 0.1) is 13.2 Å². The Bertz CT molecular complexity index is 505. The lowest BCUT2D eigenvalue weighted by Crippen LogP contribution is -2.20. The maximum absolute atomic E-state index is 5.86. The lowest BCUT2D eigenvalue weighted by molar-refractivity contribution is 0.414. The van der Waals surface area contributed by atoms with E-state index in [0.717, 1.165) is 17.0 Å². The lowest BCUT2D eigenvalue weighted by atomic mass is 10.1. The maximum Gasteiger partial charge on any atom is 0.118 e. The summed E-state index contributed by atoms with van der Waals surface area (Å²) in [5, 5.41) is 3.44. The van der Waals surface area contributed by atoms with Crippen LogP contribution >= 0.6 is 0 Å². The van der Waals surface area contributed by atoms with Gasteiger partial charge < -0.3 is 15.8 Å². The van der Waals surface area contributed by atoms with Crippen molar-refractivity contribution in [2.75, 3.05) is 19.0 Å². The molecule has 100 valence electrons. The molecular formula is C16H20N2O. The molecule has 2 aromatic rings. The number of rotatable bonds is 5. The molecule has 0 radical (unpaired) electrons. The van der Waals surface area contributed by atoms with Gasteiger partial charge in [-0.3, -0.25) is 0 Å². The molecule has 0 bridgehead atoms. The number of benzene rings is 2. The largest absolute Gasteiger partial charge is 0.497 e. The van der Waals surface area contributed by atoms with E-state index in [-0.39, 0.29) is 6.04 Å². The van der Waals surface area contributed by atoms with Gasteiger partial charge in [0, 0.05) is 12.2 Å². The van der Waals surface area contributed by atoms with Crippen LogP contribution in [0, 0.1) is 6.92 Å². The van der Waals surface area contributed by atoms with E-state index in [4.69, 9.17) is 10.5 Å². The van der Waals surface area contributed by atoms with Crippen molar-refractivity contribution in [1.29, 1.82) is 0 Å². The van der Waals surface area contributed by atoms with Crippen LogP contribution in [-0.2, 0) is 0 Å². The van der Waals surface area contributed by atoms with Crippen molar-refractivity contribution in [2.24, 2.45) is 5.73 Å². The van der Waals surface area contributed by atoms with Crippen molar-refractivity contribution in [1.82, 2.24) is 0 Å². The Morgan fingerprint density at radius 3 is 2.21 bits per heavy atom. The molecule has 0 aromatic heterocycles. The van der Waals surface area contributed by atoms with E-state index >= 15 is 0 Å². The highest BCUT2D eigenvalue weighted by atomic mass is 16.5. The highest BCUT2D eigenvalue weighted by molar-refractivity contribution is 5.47. The Morgan fingerprint density at radius 2 is 1.68 bits per heavy atom. The monoisotopic (exact) mass is 256 g/mol. The smallest absolute Gasteiger partial charge is 0.118 e. The number of hydrogen-bond acceptors (Lipinski definition) is 3. The summed E-state index contributed by atoms with van der Waals surface area (Å²) < 4.78 is 5.16. The molecule has 0 aliphatic carbocycles. The first kappa shape index (κ1) is 13.4. The summed E-state index contributed by atoms with van der Waals surface area (Å²) in [7, 11) is 1.67. The summed E-state index contributed by atoms with van der Waals surface area (Å²) in [4.78, 5) is 0. The molecule has 0 fully saturated rings. The van der Waals surface area contributed by atoms with Crippen molar-refractivity contribution >= 4 is 5.69 Å². The van der Waals surface area contributed by atoms with Crippen LogP contribution in [0.3, 0.4) is 0 Å². The molecular weight excluding hydrogens is 236 g/mol. The zero-order valence-electron chi connectivity index (χ0n) is 11.4. The minimum atomic E-state index is 0.105. The van der Waals surface area contributed by atoms with Gasteiger partial charge in [0.15, 0.2) is 0 Å². The van der Waals surface area contributed by atoms with E-state index in [1.807, 2.05) is 24.3 Å². The van der Waals surface area contributed by atoms with Crippen molar-refractivity contribution in [3.8, 4) is 5.75 Å². The second kappa shape index (κ2) is 6.25. The molecule has 0 saturated heterocycles. The van der Waals surface area contributed by atoms with Crippen LogP contribution in [0.1, 0.15) is 17.2 Å². The average molecular weight is 256 g/mol. The summed E-state index contributed by atoms with van der Waals surface area (Å²) in [5.41, 5.74) is 9.35. The highest BCUT2D eigenvalue weighted by Gasteiger charge is 2.09. The minimum Gasteiger partial charge on any atom is -0.497 e. The second-order valence-electron chi connectivity index (χ2n) is 4.57. The maximum atomic E-state index is 5.86. The molecule has 0 heterocycles. The van der Waals surface area contributed by atoms with Gasteiger partial charge in [-0.05, 0) is 36.8 Å². The number of hydrogen-bond donors (Lipinski definition) is 2. The van der Waals surface area contributed by atoms with E-state index in [1.54, 1.807) is 7.11 Å². The zero-order chi connectivity index (χ0) is 13.7. The van der Waals surface area contributed by atoms with Crippen LogP contribution in [0.5, 0.6) is 5.75 Å². The highest BCUT2D eigenvalue weighted by Crippen LogP contribution is 2.21. The molecule has 19 heavy (non-hydrogen) atoms. The molecule has 3 heteroatoms. The Hall–Kier alpha value is -2.00. The Morgan fingerprint density at radius 1 is 1.05 bits per heavy atom. The fourth-order valence-corrected chi connectivity index (χ4v) is 1.97. The van der Waals surface area contributed by atoms with Gasteiger partial charge in [0.1, 0.15) is 5.75 Å². The SMILES string of the molecule is COc1ccc(C(CN)Nc2ccc(C)cc2)cc1. The predicted molar refractivity (Wildman–Crippen MR) is 79.6 cm³/mol. The molecule has 0 saturated carbocycles. The second-order valence-corrected chi connectivity index (χ2v) is 4.57. The van der Waals surface area contributed by atoms with Crippen LogP contribution in [0.25, 0.3) is 0 Å². The predicted octanol–water partition coefficient (Wildman–Crippen LogP) is 3.12. The first-order chi connectivity index (χ1) is 9.22. The van der Waals surface area contributed by atoms with Crippen molar-refractivity contribution < 1.29 is 4.74 Å². The molecule has 0 amide bonds. The molecule has 3 N–H and O–H groups in total. The van der Waals surface area contributed by atoms with E-state index in [0.29, 0.717) is 6.54 Å². The van der Waals surface area contributed by atoms with Crippen LogP contribution in [-0.4, -0.2) is 13.7 Å². The molecule has 0 spiro atoms. The fraction of sp³-hybridized carbons (Fsp3) is 0.250. The summed E-state index contributed by atoms with van der Waals surface area (Å²) >= 11 is 0. The Balaban J connectivity index is 2.12. The number of ether oxygens (including phenoxy) is 1. The van der Waals surface area contributed by atoms with Crippen molar-refractivity contribution in [3.63, 3.8) is 0 Å². The van der Waals surface area contributed by atoms with E-state index in [9.17, 15) is 0 Å². The third-order valence-corrected chi connectivity index (χ3v) is 3.15. The molecule has 3 nitrogen and oxygen atoms in total. The molecule has 2 aromatic carbocycles. The standard InChI is InChI=1S/C16H20N2O/c1-12-3-7-14(8-4-12)18-16(11-17)13-5-9-15(19-2)10-6-13/h3-10,16,18H,11,17H2,1-2H3. The van der Waals surface area contributed by atoms with Crippen LogP contribution < -0.4 is 15.8 Å². The first-order valence-corrected chi connectivity index (χ1v) is 6.40. The third kappa shape index (κ3) is 3.48. The normalized spacial score (nSPS) is 11.9. The van der Waals surface area contributed by atoms with Gasteiger partial charge in [-0.1, -0.05) is 29.8 Å². The van der Waals surface area contributed by atoms with E-state index in [1.165, 1.54) is 5.56 Å². The molecule has 0 aliphatic heterocycles. The molecule has 1 unspecified atom stereocenters. The van der Waals surface area contributed by atoms with Gasteiger partial charge >= 0.3 is 0 Å². The number of nitrogens with one attached hydrogen (secondary N) is 1. The molecule has 0 aliphatic rings. The number of nitrogens with two attached hydrogens (primary N) is 1. The topological polar surface area (TPSA) is 47.3 Å². The Kier molecular flexibility index (Phi) is 4.42. The summed E-state index contributed by atoms with van der Waals surface area (Å²) in [6, 6.07) is 16.4. The van der Waals surface area contributed by atoms with Gasteiger partial charge in [-0.15, -0.1) is 0 Å². The number of methoxy groups -OCH3 is 1. The van der Waals surface area contributed by atoms with Gasteiger partial charge in [0.25, 0.3) is 0 Å².